The molecule has 0 aliphatic rings. The minimum atomic E-state index is -4.68. The van der Waals surface area contributed by atoms with Crippen LogP contribution in [0.1, 0.15) is 31.4 Å². The van der Waals surface area contributed by atoms with Crippen LogP contribution in [-0.2, 0) is 14.6 Å². The Labute approximate surface area is 167 Å². The summed E-state index contributed by atoms with van der Waals surface area (Å²) in [5.41, 5.74) is -0.511. The minimum Gasteiger partial charge on any atom is -0.490 e. The highest BCUT2D eigenvalue weighted by Crippen LogP contribution is 2.17. The fourth-order valence-corrected chi connectivity index (χ4v) is 2.69. The molecule has 1 atom stereocenters. The summed E-state index contributed by atoms with van der Waals surface area (Å²) in [6.07, 6.45) is -0.184. The van der Waals surface area contributed by atoms with Crippen molar-refractivity contribution in [3.05, 3.63) is 28.1 Å². The van der Waals surface area contributed by atoms with Gasteiger partial charge >= 0.3 is 10.4 Å². The molecule has 29 heavy (non-hydrogen) atoms. The summed E-state index contributed by atoms with van der Waals surface area (Å²) in [5, 5.41) is 47.3. The fourth-order valence-electron chi connectivity index (χ4n) is 2.41. The molecule has 10 nitrogen and oxygen atoms in total. The van der Waals surface area contributed by atoms with Gasteiger partial charge in [0.25, 0.3) is 0 Å². The zero-order valence-corrected chi connectivity index (χ0v) is 16.1. The first-order chi connectivity index (χ1) is 13.7. The van der Waals surface area contributed by atoms with E-state index in [2.05, 4.69) is 4.18 Å². The molecule has 1 unspecified atom stereocenters. The van der Waals surface area contributed by atoms with Crippen molar-refractivity contribution in [1.29, 1.82) is 21.0 Å². The summed E-state index contributed by atoms with van der Waals surface area (Å²) in [6.45, 7) is 0.842. The Balaban J connectivity index is 3.74. The highest BCUT2D eigenvalue weighted by atomic mass is 32.3. The number of nitriles is 4. The van der Waals surface area contributed by atoms with E-state index < -0.39 is 29.7 Å². The van der Waals surface area contributed by atoms with E-state index in [-0.39, 0.29) is 32.9 Å². The molecule has 0 aliphatic heterocycles. The molecule has 0 bridgehead atoms. The largest absolute Gasteiger partial charge is 0.490 e. The van der Waals surface area contributed by atoms with Crippen LogP contribution in [0.25, 0.3) is 11.1 Å². The van der Waals surface area contributed by atoms with Gasteiger partial charge in [-0.15, -0.1) is 0 Å². The van der Waals surface area contributed by atoms with Gasteiger partial charge < -0.3 is 9.84 Å². The van der Waals surface area contributed by atoms with Crippen LogP contribution in [0.5, 0.6) is 5.75 Å². The van der Waals surface area contributed by atoms with Crippen molar-refractivity contribution >= 4 is 21.5 Å². The average molecular weight is 416 g/mol. The lowest BCUT2D eigenvalue weighted by molar-refractivity contribution is 0.165. The predicted octanol–water partition coefficient (Wildman–Crippen LogP) is 0.114. The molecule has 0 radical (unpaired) electrons. The topological polar surface area (TPSA) is 188 Å². The van der Waals surface area contributed by atoms with Gasteiger partial charge in [-0.1, -0.05) is 13.3 Å². The Morgan fingerprint density at radius 2 is 1.59 bits per heavy atom. The summed E-state index contributed by atoms with van der Waals surface area (Å²) < 4.78 is 39.2. The van der Waals surface area contributed by atoms with Crippen molar-refractivity contribution in [2.75, 3.05) is 13.2 Å². The number of aliphatic hydroxyl groups is 1. The SMILES string of the molecule is CCCC(O)c1cc(=C(C#N)C#N)c(OCCOS(=O)(=O)O)cc1=C(C#N)C#N. The van der Waals surface area contributed by atoms with Crippen molar-refractivity contribution in [3.8, 4) is 30.0 Å². The van der Waals surface area contributed by atoms with E-state index in [0.717, 1.165) is 0 Å². The molecule has 0 fully saturated rings. The van der Waals surface area contributed by atoms with Crippen molar-refractivity contribution < 1.29 is 27.0 Å². The van der Waals surface area contributed by atoms with E-state index in [4.69, 9.17) is 9.29 Å². The molecule has 1 aromatic carbocycles. The maximum Gasteiger partial charge on any atom is 0.397 e. The molecular formula is C18H16N4O6S. The van der Waals surface area contributed by atoms with Crippen LogP contribution in [0.4, 0.5) is 0 Å². The molecule has 0 amide bonds. The zero-order valence-electron chi connectivity index (χ0n) is 15.3. The van der Waals surface area contributed by atoms with Crippen molar-refractivity contribution in [2.24, 2.45) is 0 Å². The first kappa shape index (κ1) is 23.6. The monoisotopic (exact) mass is 416 g/mol. The predicted molar refractivity (Wildman–Crippen MR) is 97.8 cm³/mol. The molecule has 0 spiro atoms. The van der Waals surface area contributed by atoms with E-state index >= 15 is 0 Å². The Morgan fingerprint density at radius 3 is 2.07 bits per heavy atom. The van der Waals surface area contributed by atoms with Gasteiger partial charge in [0.2, 0.25) is 0 Å². The van der Waals surface area contributed by atoms with Gasteiger partial charge in [0, 0.05) is 10.4 Å². The lowest BCUT2D eigenvalue weighted by Gasteiger charge is -2.14. The van der Waals surface area contributed by atoms with Crippen LogP contribution in [0.2, 0.25) is 0 Å². The van der Waals surface area contributed by atoms with Crippen LogP contribution >= 0.6 is 0 Å². The molecule has 0 saturated carbocycles. The summed E-state index contributed by atoms with van der Waals surface area (Å²) in [4.78, 5) is 0. The van der Waals surface area contributed by atoms with Crippen LogP contribution in [-0.4, -0.2) is 31.3 Å². The molecule has 0 heterocycles. The normalized spacial score (nSPS) is 11.3. The lowest BCUT2D eigenvalue weighted by atomic mass is 9.97. The van der Waals surface area contributed by atoms with Crippen LogP contribution in [0.3, 0.4) is 0 Å². The highest BCUT2D eigenvalue weighted by Gasteiger charge is 2.16. The third kappa shape index (κ3) is 6.58. The molecule has 2 N–H and O–H groups in total. The number of aliphatic hydroxyl groups excluding tert-OH is 1. The van der Waals surface area contributed by atoms with Gasteiger partial charge in [-0.2, -0.15) is 29.5 Å². The maximum absolute atomic E-state index is 10.6. The molecule has 11 heteroatoms. The molecule has 1 aromatic rings. The van der Waals surface area contributed by atoms with E-state index in [1.807, 2.05) is 6.92 Å². The minimum absolute atomic E-state index is 0.00834. The van der Waals surface area contributed by atoms with Gasteiger partial charge in [0.1, 0.15) is 54.4 Å². The van der Waals surface area contributed by atoms with E-state index in [9.17, 15) is 34.6 Å². The van der Waals surface area contributed by atoms with Crippen LogP contribution < -0.4 is 15.2 Å². The summed E-state index contributed by atoms with van der Waals surface area (Å²) in [6, 6.07) is 9.30. The number of hydrogen-bond donors (Lipinski definition) is 2. The number of rotatable bonds is 8. The summed E-state index contributed by atoms with van der Waals surface area (Å²) in [5.74, 6) is -0.104. The average Bonchev–Trinajstić information content (AvgIpc) is 2.67. The fraction of sp³-hybridized carbons (Fsp3) is 0.333. The highest BCUT2D eigenvalue weighted by molar-refractivity contribution is 7.80. The standard InChI is InChI=1S/C18H16N4O6S/c1-2-3-17(23)16-6-15(13(10-21)11-22)18(7-14(16)12(8-19)9-20)27-4-5-28-29(24,25)26/h6-7,17,23H,2-5H2,1H3,(H,24,25,26). The third-order valence-electron chi connectivity index (χ3n) is 3.63. The molecule has 0 saturated heterocycles. The second kappa shape index (κ2) is 10.8. The van der Waals surface area contributed by atoms with Gasteiger partial charge in [0.05, 0.1) is 6.10 Å². The second-order valence-corrected chi connectivity index (χ2v) is 6.63. The Kier molecular flexibility index (Phi) is 8.76. The van der Waals surface area contributed by atoms with Crippen molar-refractivity contribution in [2.45, 2.75) is 25.9 Å². The van der Waals surface area contributed by atoms with Crippen LogP contribution in [0.15, 0.2) is 12.1 Å². The van der Waals surface area contributed by atoms with Gasteiger partial charge in [-0.3, -0.25) is 4.55 Å². The second-order valence-electron chi connectivity index (χ2n) is 5.54. The lowest BCUT2D eigenvalue weighted by Crippen LogP contribution is -2.24. The third-order valence-corrected chi connectivity index (χ3v) is 4.10. The molecule has 150 valence electrons. The number of hydrogen-bond acceptors (Lipinski definition) is 9. The quantitative estimate of drug-likeness (QED) is 0.435. The van der Waals surface area contributed by atoms with Gasteiger partial charge in [-0.25, -0.2) is 4.18 Å². The zero-order chi connectivity index (χ0) is 22.0. The van der Waals surface area contributed by atoms with E-state index in [1.54, 1.807) is 24.3 Å². The Hall–Kier alpha value is -3.45. The van der Waals surface area contributed by atoms with Crippen molar-refractivity contribution in [1.82, 2.24) is 0 Å². The van der Waals surface area contributed by atoms with Gasteiger partial charge in [0.15, 0.2) is 0 Å². The molecular weight excluding hydrogens is 400 g/mol. The first-order valence-corrected chi connectivity index (χ1v) is 9.54. The molecule has 1 rings (SSSR count). The molecule has 0 aromatic heterocycles. The van der Waals surface area contributed by atoms with Gasteiger partial charge in [-0.05, 0) is 24.1 Å². The Bertz CT molecular complexity index is 1130. The summed E-state index contributed by atoms with van der Waals surface area (Å²) in [7, 11) is -4.68. The van der Waals surface area contributed by atoms with E-state index in [0.29, 0.717) is 12.8 Å². The Morgan fingerprint density at radius 1 is 1.03 bits per heavy atom. The van der Waals surface area contributed by atoms with Crippen molar-refractivity contribution in [3.63, 3.8) is 0 Å². The van der Waals surface area contributed by atoms with Crippen LogP contribution in [0, 0.1) is 45.3 Å². The number of ether oxygens (including phenoxy) is 1. The first-order valence-electron chi connectivity index (χ1n) is 8.18. The smallest absolute Gasteiger partial charge is 0.397 e. The molecule has 0 aliphatic carbocycles. The summed E-state index contributed by atoms with van der Waals surface area (Å²) >= 11 is 0. The number of nitrogens with zero attached hydrogens (tertiary/aromatic N) is 4. The van der Waals surface area contributed by atoms with E-state index in [1.165, 1.54) is 12.1 Å². The number of benzene rings is 1. The maximum atomic E-state index is 10.6.